The maximum atomic E-state index is 13.7. The van der Waals surface area contributed by atoms with Crippen molar-refractivity contribution in [3.8, 4) is 16.9 Å². The van der Waals surface area contributed by atoms with Gasteiger partial charge in [0.2, 0.25) is 10.0 Å². The number of nitrogens with one attached hydrogen (secondary N) is 3. The van der Waals surface area contributed by atoms with Gasteiger partial charge in [0.25, 0.3) is 0 Å². The smallest absolute Gasteiger partial charge is 0.415 e. The zero-order valence-corrected chi connectivity index (χ0v) is 28.0. The van der Waals surface area contributed by atoms with Gasteiger partial charge in [-0.05, 0) is 97.3 Å². The normalized spacial score (nSPS) is 17.8. The second-order valence-corrected chi connectivity index (χ2v) is 14.5. The van der Waals surface area contributed by atoms with Gasteiger partial charge in [-0.2, -0.15) is 0 Å². The highest BCUT2D eigenvalue weighted by Gasteiger charge is 2.47. The molecule has 48 heavy (non-hydrogen) atoms. The van der Waals surface area contributed by atoms with Gasteiger partial charge in [0.05, 0.1) is 18.0 Å². The van der Waals surface area contributed by atoms with Crippen LogP contribution in [-0.2, 0) is 21.3 Å². The molecule has 1 spiro atoms. The van der Waals surface area contributed by atoms with Crippen LogP contribution in [0.3, 0.4) is 0 Å². The van der Waals surface area contributed by atoms with Crippen LogP contribution < -0.4 is 25.4 Å². The SMILES string of the molecule is CCOc1cc(-c2ccc(F)cc2)c(C2CC2)cc1CN1CCC2(CC1)CN(c1ccc(S(=O)(=O)NCCCNC(=N)N)cc1)C(=O)O2. The minimum atomic E-state index is -3.73. The molecule has 3 fully saturated rings. The lowest BCUT2D eigenvalue weighted by Gasteiger charge is -2.37. The lowest BCUT2D eigenvalue weighted by atomic mass is 9.90. The standard InChI is InChI=1S/C35H43FN6O5S/c1-2-46-32-21-31(25-6-8-27(36)9-7-25)30(24-4-5-24)20-26(32)22-41-18-14-35(15-19-41)23-42(34(43)47-35)28-10-12-29(13-11-28)48(44,45)40-17-3-16-39-33(37)38/h6-13,20-21,24,40H,2-5,14-19,22-23H2,1H3,(H4,37,38,39). The zero-order chi connectivity index (χ0) is 33.9. The van der Waals surface area contributed by atoms with Crippen LogP contribution >= 0.6 is 0 Å². The van der Waals surface area contributed by atoms with Crippen LogP contribution in [0.25, 0.3) is 11.1 Å². The molecule has 0 bridgehead atoms. The number of carbonyl (C=O) groups excluding carboxylic acids is 1. The molecule has 0 atom stereocenters. The summed E-state index contributed by atoms with van der Waals surface area (Å²) in [6.07, 6.45) is 3.68. The number of ether oxygens (including phenoxy) is 2. The number of guanidine groups is 1. The molecule has 6 rings (SSSR count). The average molecular weight is 679 g/mol. The molecule has 3 aromatic rings. The number of halogens is 1. The highest BCUT2D eigenvalue weighted by Crippen LogP contribution is 2.47. The molecule has 2 heterocycles. The topological polar surface area (TPSA) is 150 Å². The number of rotatable bonds is 13. The van der Waals surface area contributed by atoms with Crippen molar-refractivity contribution in [2.75, 3.05) is 44.2 Å². The van der Waals surface area contributed by atoms with Gasteiger partial charge in [-0.15, -0.1) is 0 Å². The van der Waals surface area contributed by atoms with Crippen molar-refractivity contribution in [1.29, 1.82) is 5.41 Å². The van der Waals surface area contributed by atoms with Crippen LogP contribution in [0.1, 0.15) is 56.1 Å². The number of nitrogens with two attached hydrogens (primary N) is 1. The first-order valence-corrected chi connectivity index (χ1v) is 18.0. The van der Waals surface area contributed by atoms with E-state index in [0.29, 0.717) is 57.1 Å². The number of benzene rings is 3. The number of anilines is 1. The van der Waals surface area contributed by atoms with Gasteiger partial charge in [-0.3, -0.25) is 15.2 Å². The Morgan fingerprint density at radius 2 is 1.79 bits per heavy atom. The van der Waals surface area contributed by atoms with Crippen LogP contribution in [0.4, 0.5) is 14.9 Å². The van der Waals surface area contributed by atoms with Crippen LogP contribution in [0, 0.1) is 11.2 Å². The van der Waals surface area contributed by atoms with E-state index in [2.05, 4.69) is 27.1 Å². The molecule has 2 aliphatic heterocycles. The molecule has 256 valence electrons. The summed E-state index contributed by atoms with van der Waals surface area (Å²) in [5.74, 6) is 0.924. The second kappa shape index (κ2) is 14.1. The molecule has 3 aromatic carbocycles. The zero-order valence-electron chi connectivity index (χ0n) is 27.1. The average Bonchev–Trinajstić information content (AvgIpc) is 3.86. The highest BCUT2D eigenvalue weighted by atomic mass is 32.2. The summed E-state index contributed by atoms with van der Waals surface area (Å²) in [6, 6.07) is 17.3. The van der Waals surface area contributed by atoms with Gasteiger partial charge in [0.15, 0.2) is 5.96 Å². The monoisotopic (exact) mass is 678 g/mol. The van der Waals surface area contributed by atoms with Crippen LogP contribution in [0.15, 0.2) is 65.6 Å². The Morgan fingerprint density at radius 1 is 1.08 bits per heavy atom. The molecule has 1 aliphatic carbocycles. The molecule has 5 N–H and O–H groups in total. The molecule has 2 saturated heterocycles. The number of hydrogen-bond donors (Lipinski definition) is 4. The van der Waals surface area contributed by atoms with E-state index in [1.165, 1.54) is 29.8 Å². The fraction of sp³-hybridized carbons (Fsp3) is 0.429. The molecule has 11 nitrogen and oxygen atoms in total. The van der Waals surface area contributed by atoms with E-state index in [4.69, 9.17) is 20.6 Å². The number of carbonyl (C=O) groups is 1. The Balaban J connectivity index is 1.08. The van der Waals surface area contributed by atoms with Crippen molar-refractivity contribution in [2.45, 2.75) is 62.0 Å². The molecule has 13 heteroatoms. The molecule has 1 saturated carbocycles. The first-order chi connectivity index (χ1) is 23.1. The molecule has 0 radical (unpaired) electrons. The number of likely N-dealkylation sites (tertiary alicyclic amines) is 1. The number of piperidine rings is 1. The third-order valence-electron chi connectivity index (χ3n) is 9.26. The summed E-state index contributed by atoms with van der Waals surface area (Å²) in [5, 5.41) is 9.79. The second-order valence-electron chi connectivity index (χ2n) is 12.8. The molecule has 3 aliphatic rings. The summed E-state index contributed by atoms with van der Waals surface area (Å²) in [7, 11) is -3.73. The fourth-order valence-electron chi connectivity index (χ4n) is 6.52. The van der Waals surface area contributed by atoms with E-state index < -0.39 is 21.7 Å². The number of hydrogen-bond acceptors (Lipinski definition) is 7. The van der Waals surface area contributed by atoms with Crippen molar-refractivity contribution in [2.24, 2.45) is 5.73 Å². The van der Waals surface area contributed by atoms with E-state index in [1.54, 1.807) is 17.0 Å². The van der Waals surface area contributed by atoms with Crippen LogP contribution in [0.5, 0.6) is 5.75 Å². The lowest BCUT2D eigenvalue weighted by molar-refractivity contribution is -0.00111. The molecular weight excluding hydrogens is 635 g/mol. The van der Waals surface area contributed by atoms with E-state index >= 15 is 0 Å². The predicted octanol–water partition coefficient (Wildman–Crippen LogP) is 4.91. The maximum absolute atomic E-state index is 13.7. The van der Waals surface area contributed by atoms with Crippen LogP contribution in [0.2, 0.25) is 0 Å². The molecule has 1 amide bonds. The van der Waals surface area contributed by atoms with E-state index in [1.807, 2.05) is 19.1 Å². The third kappa shape index (κ3) is 7.74. The number of amides is 1. The Bertz CT molecular complexity index is 1740. The first kappa shape index (κ1) is 33.7. The number of nitrogens with zero attached hydrogens (tertiary/aromatic N) is 2. The van der Waals surface area contributed by atoms with Crippen molar-refractivity contribution < 1.29 is 27.1 Å². The van der Waals surface area contributed by atoms with E-state index in [-0.39, 0.29) is 23.2 Å². The molecule has 0 aromatic heterocycles. The van der Waals surface area contributed by atoms with Crippen molar-refractivity contribution in [3.63, 3.8) is 0 Å². The minimum Gasteiger partial charge on any atom is -0.494 e. The van der Waals surface area contributed by atoms with Crippen molar-refractivity contribution >= 4 is 27.8 Å². The Morgan fingerprint density at radius 3 is 2.44 bits per heavy atom. The van der Waals surface area contributed by atoms with Gasteiger partial charge >= 0.3 is 6.09 Å². The van der Waals surface area contributed by atoms with Crippen molar-refractivity contribution in [3.05, 3.63) is 77.6 Å². The maximum Gasteiger partial charge on any atom is 0.415 e. The Kier molecular flexibility index (Phi) is 9.90. The van der Waals surface area contributed by atoms with E-state index in [9.17, 15) is 17.6 Å². The molecule has 0 unspecified atom stereocenters. The van der Waals surface area contributed by atoms with Gasteiger partial charge in [-0.25, -0.2) is 22.3 Å². The third-order valence-corrected chi connectivity index (χ3v) is 10.7. The van der Waals surface area contributed by atoms with Crippen molar-refractivity contribution in [1.82, 2.24) is 14.9 Å². The number of sulfonamides is 1. The first-order valence-electron chi connectivity index (χ1n) is 16.5. The lowest BCUT2D eigenvalue weighted by Crippen LogP contribution is -2.46. The quantitative estimate of drug-likeness (QED) is 0.113. The summed E-state index contributed by atoms with van der Waals surface area (Å²) in [6.45, 7) is 5.69. The minimum absolute atomic E-state index is 0.100. The summed E-state index contributed by atoms with van der Waals surface area (Å²) in [4.78, 5) is 17.1. The van der Waals surface area contributed by atoms with Gasteiger partial charge in [-0.1, -0.05) is 12.1 Å². The van der Waals surface area contributed by atoms with Gasteiger partial charge in [0.1, 0.15) is 17.2 Å². The largest absolute Gasteiger partial charge is 0.494 e. The van der Waals surface area contributed by atoms with Gasteiger partial charge in [0, 0.05) is 56.8 Å². The predicted molar refractivity (Wildman–Crippen MR) is 182 cm³/mol. The summed E-state index contributed by atoms with van der Waals surface area (Å²) < 4.78 is 53.7. The van der Waals surface area contributed by atoms with Crippen LogP contribution in [-0.4, -0.2) is 70.3 Å². The highest BCUT2D eigenvalue weighted by molar-refractivity contribution is 7.89. The summed E-state index contributed by atoms with van der Waals surface area (Å²) in [5.41, 5.74) is 9.71. The Hall–Kier alpha value is -4.20. The van der Waals surface area contributed by atoms with Gasteiger partial charge < -0.3 is 20.5 Å². The Labute approximate surface area is 281 Å². The van der Waals surface area contributed by atoms with E-state index in [0.717, 1.165) is 48.4 Å². The summed E-state index contributed by atoms with van der Waals surface area (Å²) >= 11 is 0. The molecular formula is C35H43FN6O5S. The fourth-order valence-corrected chi connectivity index (χ4v) is 7.59.